The zero-order chi connectivity index (χ0) is 18.1. The third-order valence-electron chi connectivity index (χ3n) is 3.29. The lowest BCUT2D eigenvalue weighted by Gasteiger charge is -2.25. The maximum atomic E-state index is 12.1. The molecule has 10 heteroatoms. The van der Waals surface area contributed by atoms with E-state index in [1.54, 1.807) is 0 Å². The topological polar surface area (TPSA) is 90.4 Å². The van der Waals surface area contributed by atoms with Gasteiger partial charge in [0.1, 0.15) is 18.6 Å². The fourth-order valence-corrected chi connectivity index (χ4v) is 2.09. The highest BCUT2D eigenvalue weighted by atomic mass is 19.4. The molecule has 2 rings (SSSR count). The Bertz CT molecular complexity index is 780. The van der Waals surface area contributed by atoms with Crippen LogP contribution in [0.1, 0.15) is 25.1 Å². The Morgan fingerprint density at radius 1 is 1.46 bits per heavy atom. The molecule has 0 aromatic carbocycles. The van der Waals surface area contributed by atoms with Crippen molar-refractivity contribution >= 4 is 5.97 Å². The molecule has 0 aliphatic carbocycles. The zero-order valence-electron chi connectivity index (χ0n) is 12.8. The second-order valence-corrected chi connectivity index (χ2v) is 5.61. The van der Waals surface area contributed by atoms with Crippen LogP contribution in [0.4, 0.5) is 13.2 Å². The molecule has 1 aliphatic heterocycles. The number of aromatic nitrogens is 2. The number of alkyl halides is 3. The van der Waals surface area contributed by atoms with Gasteiger partial charge in [-0.1, -0.05) is 0 Å². The summed E-state index contributed by atoms with van der Waals surface area (Å²) in [5.41, 5.74) is -2.12. The quantitative estimate of drug-likeness (QED) is 0.652. The molecule has 0 unspecified atom stereocenters. The number of aromatic amines is 1. The van der Waals surface area contributed by atoms with Crippen LogP contribution in [-0.2, 0) is 14.3 Å². The molecule has 0 fully saturated rings. The molecule has 0 amide bonds. The first-order chi connectivity index (χ1) is 11.0. The van der Waals surface area contributed by atoms with Crippen molar-refractivity contribution in [1.29, 1.82) is 0 Å². The molecule has 0 bridgehead atoms. The number of nitrogens with zero attached hydrogens (tertiary/aromatic N) is 1. The van der Waals surface area contributed by atoms with E-state index in [1.807, 2.05) is 0 Å². The standard InChI is InChI=1S/C14H15F3N2O5/c1-8-6-19(12(22)18-11(8)21)9-3-4-13(2,24-9)7-23-10(20)5-14(15,16)17/h3-4,6,9H,5,7H2,1-2H3,(H,18,21,22)/t9-,13+/m1/s1. The van der Waals surface area contributed by atoms with Crippen molar-refractivity contribution in [2.75, 3.05) is 6.61 Å². The summed E-state index contributed by atoms with van der Waals surface area (Å²) in [5, 5.41) is 0. The number of H-pyrrole nitrogens is 1. The molecule has 0 radical (unpaired) electrons. The van der Waals surface area contributed by atoms with Crippen LogP contribution in [0.15, 0.2) is 27.9 Å². The minimum absolute atomic E-state index is 0.289. The van der Waals surface area contributed by atoms with E-state index in [-0.39, 0.29) is 5.56 Å². The van der Waals surface area contributed by atoms with Crippen LogP contribution in [0, 0.1) is 6.92 Å². The predicted molar refractivity (Wildman–Crippen MR) is 75.4 cm³/mol. The second-order valence-electron chi connectivity index (χ2n) is 5.61. The van der Waals surface area contributed by atoms with Crippen LogP contribution in [0.25, 0.3) is 0 Å². The molecule has 0 saturated heterocycles. The van der Waals surface area contributed by atoms with Crippen molar-refractivity contribution in [2.24, 2.45) is 0 Å². The van der Waals surface area contributed by atoms with E-state index in [0.717, 1.165) is 4.57 Å². The lowest BCUT2D eigenvalue weighted by molar-refractivity contribution is -0.177. The van der Waals surface area contributed by atoms with E-state index in [2.05, 4.69) is 9.72 Å². The highest BCUT2D eigenvalue weighted by molar-refractivity contribution is 5.70. The van der Waals surface area contributed by atoms with Gasteiger partial charge in [0.15, 0.2) is 6.23 Å². The van der Waals surface area contributed by atoms with Gasteiger partial charge in [0.25, 0.3) is 5.56 Å². The first kappa shape index (κ1) is 18.0. The molecule has 0 saturated carbocycles. The predicted octanol–water partition coefficient (Wildman–Crippen LogP) is 1.18. The molecule has 24 heavy (non-hydrogen) atoms. The molecule has 7 nitrogen and oxygen atoms in total. The third-order valence-corrected chi connectivity index (χ3v) is 3.29. The van der Waals surface area contributed by atoms with Crippen molar-refractivity contribution in [3.63, 3.8) is 0 Å². The molecule has 1 N–H and O–H groups in total. The monoisotopic (exact) mass is 348 g/mol. The maximum absolute atomic E-state index is 12.1. The SMILES string of the molecule is Cc1cn([C@H]2C=C[C@@](C)(COC(=O)CC(F)(F)F)O2)c(=O)[nH]c1=O. The summed E-state index contributed by atoms with van der Waals surface area (Å²) < 4.78 is 47.5. The van der Waals surface area contributed by atoms with Crippen LogP contribution < -0.4 is 11.2 Å². The number of carbonyl (C=O) groups excluding carboxylic acids is 1. The Morgan fingerprint density at radius 3 is 2.75 bits per heavy atom. The number of halogens is 3. The van der Waals surface area contributed by atoms with E-state index in [4.69, 9.17) is 4.74 Å². The van der Waals surface area contributed by atoms with Gasteiger partial charge in [0.2, 0.25) is 0 Å². The van der Waals surface area contributed by atoms with E-state index in [1.165, 1.54) is 32.2 Å². The van der Waals surface area contributed by atoms with Crippen molar-refractivity contribution in [2.45, 2.75) is 38.3 Å². The minimum atomic E-state index is -4.65. The molecule has 1 aromatic rings. The average Bonchev–Trinajstić information content (AvgIpc) is 2.82. The summed E-state index contributed by atoms with van der Waals surface area (Å²) in [5.74, 6) is -1.42. The van der Waals surface area contributed by atoms with E-state index < -0.39 is 48.3 Å². The average molecular weight is 348 g/mol. The van der Waals surface area contributed by atoms with Crippen LogP contribution in [-0.4, -0.2) is 33.9 Å². The van der Waals surface area contributed by atoms with Crippen LogP contribution in [0.2, 0.25) is 0 Å². The van der Waals surface area contributed by atoms with Crippen LogP contribution >= 0.6 is 0 Å². The summed E-state index contributed by atoms with van der Waals surface area (Å²) in [6, 6.07) is 0. The summed E-state index contributed by atoms with van der Waals surface area (Å²) in [6.07, 6.45) is -2.94. The molecule has 132 valence electrons. The summed E-state index contributed by atoms with van der Waals surface area (Å²) >= 11 is 0. The maximum Gasteiger partial charge on any atom is 0.399 e. The van der Waals surface area contributed by atoms with Gasteiger partial charge in [-0.05, 0) is 26.0 Å². The third kappa shape index (κ3) is 4.34. The van der Waals surface area contributed by atoms with Crippen molar-refractivity contribution in [1.82, 2.24) is 9.55 Å². The summed E-state index contributed by atoms with van der Waals surface area (Å²) in [7, 11) is 0. The Hall–Kier alpha value is -2.36. The van der Waals surface area contributed by atoms with Crippen molar-refractivity contribution in [3.05, 3.63) is 44.8 Å². The van der Waals surface area contributed by atoms with Gasteiger partial charge in [0.05, 0.1) is 0 Å². The fourth-order valence-electron chi connectivity index (χ4n) is 2.09. The Morgan fingerprint density at radius 2 is 2.12 bits per heavy atom. The van der Waals surface area contributed by atoms with Crippen molar-refractivity contribution in [3.8, 4) is 0 Å². The zero-order valence-corrected chi connectivity index (χ0v) is 12.8. The number of carbonyl (C=O) groups is 1. The van der Waals surface area contributed by atoms with Gasteiger partial charge in [-0.15, -0.1) is 0 Å². The number of aryl methyl sites for hydroxylation is 1. The molecular weight excluding hydrogens is 333 g/mol. The number of ether oxygens (including phenoxy) is 2. The highest BCUT2D eigenvalue weighted by Crippen LogP contribution is 2.29. The summed E-state index contributed by atoms with van der Waals surface area (Å²) in [6.45, 7) is 2.56. The second kappa shape index (κ2) is 6.27. The van der Waals surface area contributed by atoms with Gasteiger partial charge in [-0.2, -0.15) is 13.2 Å². The minimum Gasteiger partial charge on any atom is -0.462 e. The first-order valence-electron chi connectivity index (χ1n) is 6.91. The number of esters is 1. The number of rotatable bonds is 4. The molecule has 0 spiro atoms. The van der Waals surface area contributed by atoms with E-state index >= 15 is 0 Å². The van der Waals surface area contributed by atoms with Crippen molar-refractivity contribution < 1.29 is 27.4 Å². The first-order valence-corrected chi connectivity index (χ1v) is 6.91. The Kier molecular flexibility index (Phi) is 4.70. The fraction of sp³-hybridized carbons (Fsp3) is 0.500. The van der Waals surface area contributed by atoms with Gasteiger partial charge in [0, 0.05) is 11.8 Å². The number of hydrogen-bond donors (Lipinski definition) is 1. The molecule has 2 heterocycles. The van der Waals surface area contributed by atoms with E-state index in [0.29, 0.717) is 0 Å². The molecular formula is C14H15F3N2O5. The lowest BCUT2D eigenvalue weighted by Crippen LogP contribution is -2.37. The summed E-state index contributed by atoms with van der Waals surface area (Å²) in [4.78, 5) is 36.4. The highest BCUT2D eigenvalue weighted by Gasteiger charge is 2.36. The normalized spacial score (nSPS) is 23.5. The molecule has 2 atom stereocenters. The van der Waals surface area contributed by atoms with Gasteiger partial charge < -0.3 is 9.47 Å². The van der Waals surface area contributed by atoms with E-state index in [9.17, 15) is 27.6 Å². The van der Waals surface area contributed by atoms with Gasteiger partial charge in [-0.3, -0.25) is 19.1 Å². The molecule has 1 aliphatic rings. The smallest absolute Gasteiger partial charge is 0.399 e. The Labute approximate surface area is 133 Å². The largest absolute Gasteiger partial charge is 0.462 e. The Balaban J connectivity index is 2.03. The molecule has 1 aromatic heterocycles. The van der Waals surface area contributed by atoms with Gasteiger partial charge in [-0.25, -0.2) is 4.79 Å². The van der Waals surface area contributed by atoms with Crippen LogP contribution in [0.5, 0.6) is 0 Å². The number of hydrogen-bond acceptors (Lipinski definition) is 5. The van der Waals surface area contributed by atoms with Gasteiger partial charge >= 0.3 is 17.8 Å². The van der Waals surface area contributed by atoms with Crippen LogP contribution in [0.3, 0.4) is 0 Å². The number of nitrogens with one attached hydrogen (secondary N) is 1. The lowest BCUT2D eigenvalue weighted by atomic mass is 10.1.